The maximum Gasteiger partial charge on any atom is 0.292 e. The van der Waals surface area contributed by atoms with Crippen molar-refractivity contribution in [3.63, 3.8) is 0 Å². The second kappa shape index (κ2) is 6.08. The van der Waals surface area contributed by atoms with Crippen LogP contribution in [0.3, 0.4) is 0 Å². The van der Waals surface area contributed by atoms with E-state index >= 15 is 0 Å². The summed E-state index contributed by atoms with van der Waals surface area (Å²) in [5, 5.41) is 14.5. The van der Waals surface area contributed by atoms with E-state index in [0.29, 0.717) is 5.69 Å². The highest BCUT2D eigenvalue weighted by molar-refractivity contribution is 5.75. The van der Waals surface area contributed by atoms with Crippen LogP contribution < -0.4 is 5.32 Å². The molecule has 6 heteroatoms. The van der Waals surface area contributed by atoms with Crippen LogP contribution in [0.1, 0.15) is 25.7 Å². The summed E-state index contributed by atoms with van der Waals surface area (Å²) >= 11 is 0. The Kier molecular flexibility index (Phi) is 3.97. The second-order valence-corrected chi connectivity index (χ2v) is 5.78. The van der Waals surface area contributed by atoms with E-state index in [9.17, 15) is 10.1 Å². The number of para-hydroxylation sites is 4. The molecule has 118 valence electrons. The van der Waals surface area contributed by atoms with Gasteiger partial charge in [0.15, 0.2) is 0 Å². The number of hydrogen-bond acceptors (Lipinski definition) is 4. The molecular formula is C17H18N4O2. The van der Waals surface area contributed by atoms with E-state index < -0.39 is 0 Å². The molecule has 23 heavy (non-hydrogen) atoms. The summed E-state index contributed by atoms with van der Waals surface area (Å²) in [6.07, 6.45) is 0. The van der Waals surface area contributed by atoms with E-state index in [0.717, 1.165) is 16.9 Å². The van der Waals surface area contributed by atoms with Gasteiger partial charge in [-0.05, 0) is 24.1 Å². The van der Waals surface area contributed by atoms with Gasteiger partial charge in [-0.3, -0.25) is 10.1 Å². The lowest BCUT2D eigenvalue weighted by Crippen LogP contribution is -2.18. The highest BCUT2D eigenvalue weighted by Gasteiger charge is 2.23. The standard InChI is InChI=1S/C17H18N4O2/c1-11(2)16(17-19-12-7-3-4-8-13(12)20-17)18-14-9-5-6-10-15(14)21(22)23/h3-11,16,18H,1-2H3,(H,19,20)/t16-/m1/s1. The van der Waals surface area contributed by atoms with Crippen molar-refractivity contribution < 1.29 is 4.92 Å². The predicted molar refractivity (Wildman–Crippen MR) is 90.4 cm³/mol. The number of benzene rings is 2. The zero-order chi connectivity index (χ0) is 16.4. The van der Waals surface area contributed by atoms with E-state index in [-0.39, 0.29) is 22.6 Å². The second-order valence-electron chi connectivity index (χ2n) is 5.78. The zero-order valence-corrected chi connectivity index (χ0v) is 13.0. The van der Waals surface area contributed by atoms with Gasteiger partial charge >= 0.3 is 0 Å². The molecule has 0 saturated carbocycles. The van der Waals surface area contributed by atoms with Crippen molar-refractivity contribution in [2.45, 2.75) is 19.9 Å². The summed E-state index contributed by atoms with van der Waals surface area (Å²) in [6.45, 7) is 4.11. The Balaban J connectivity index is 1.98. The molecule has 0 aliphatic heterocycles. The van der Waals surface area contributed by atoms with Gasteiger partial charge < -0.3 is 10.3 Å². The smallest absolute Gasteiger partial charge is 0.292 e. The Hall–Kier alpha value is -2.89. The lowest BCUT2D eigenvalue weighted by molar-refractivity contribution is -0.384. The molecule has 1 aromatic heterocycles. The largest absolute Gasteiger partial charge is 0.369 e. The molecule has 3 aromatic rings. The first kappa shape index (κ1) is 15.0. The zero-order valence-electron chi connectivity index (χ0n) is 13.0. The topological polar surface area (TPSA) is 83.8 Å². The predicted octanol–water partition coefficient (Wildman–Crippen LogP) is 4.28. The molecule has 0 bridgehead atoms. The van der Waals surface area contributed by atoms with Crippen LogP contribution in [-0.4, -0.2) is 14.9 Å². The maximum atomic E-state index is 11.2. The molecule has 0 fully saturated rings. The summed E-state index contributed by atoms with van der Waals surface area (Å²) < 4.78 is 0. The Morgan fingerprint density at radius 1 is 1.13 bits per heavy atom. The Morgan fingerprint density at radius 2 is 1.83 bits per heavy atom. The van der Waals surface area contributed by atoms with Crippen LogP contribution in [0.4, 0.5) is 11.4 Å². The van der Waals surface area contributed by atoms with Crippen LogP contribution in [0.5, 0.6) is 0 Å². The number of nitrogens with one attached hydrogen (secondary N) is 2. The Labute approximate surface area is 133 Å². The van der Waals surface area contributed by atoms with Crippen molar-refractivity contribution in [2.24, 2.45) is 5.92 Å². The van der Waals surface area contributed by atoms with Crippen LogP contribution in [-0.2, 0) is 0 Å². The third kappa shape index (κ3) is 3.01. The van der Waals surface area contributed by atoms with Crippen LogP contribution in [0.25, 0.3) is 11.0 Å². The molecule has 2 N–H and O–H groups in total. The molecule has 0 radical (unpaired) electrons. The molecule has 1 heterocycles. The van der Waals surface area contributed by atoms with E-state index in [1.54, 1.807) is 18.2 Å². The Bertz CT molecular complexity index is 808. The quantitative estimate of drug-likeness (QED) is 0.544. The first-order valence-electron chi connectivity index (χ1n) is 7.51. The number of anilines is 1. The average Bonchev–Trinajstić information content (AvgIpc) is 2.96. The minimum Gasteiger partial charge on any atom is -0.369 e. The first-order valence-corrected chi connectivity index (χ1v) is 7.51. The summed E-state index contributed by atoms with van der Waals surface area (Å²) in [7, 11) is 0. The summed E-state index contributed by atoms with van der Waals surface area (Å²) in [5.74, 6) is 0.981. The van der Waals surface area contributed by atoms with Crippen molar-refractivity contribution in [3.05, 3.63) is 64.5 Å². The number of hydrogen-bond donors (Lipinski definition) is 2. The van der Waals surface area contributed by atoms with Gasteiger partial charge in [0.05, 0.1) is 22.0 Å². The van der Waals surface area contributed by atoms with Gasteiger partial charge in [0, 0.05) is 6.07 Å². The van der Waals surface area contributed by atoms with Gasteiger partial charge in [-0.15, -0.1) is 0 Å². The molecule has 0 spiro atoms. The lowest BCUT2D eigenvalue weighted by Gasteiger charge is -2.21. The SMILES string of the molecule is CC(C)[C@@H](Nc1ccccc1[N+](=O)[O-])c1nc2ccccc2[nH]1. The summed E-state index contributed by atoms with van der Waals surface area (Å²) in [6, 6.07) is 14.3. The van der Waals surface area contributed by atoms with E-state index in [4.69, 9.17) is 0 Å². The average molecular weight is 310 g/mol. The van der Waals surface area contributed by atoms with Crippen LogP contribution >= 0.6 is 0 Å². The number of nitro benzene ring substituents is 1. The van der Waals surface area contributed by atoms with Crippen molar-refractivity contribution >= 4 is 22.4 Å². The van der Waals surface area contributed by atoms with Crippen molar-refractivity contribution in [2.75, 3.05) is 5.32 Å². The molecule has 3 rings (SSSR count). The van der Waals surface area contributed by atoms with Gasteiger partial charge in [-0.1, -0.05) is 38.1 Å². The number of H-pyrrole nitrogens is 1. The fraction of sp³-hybridized carbons (Fsp3) is 0.235. The number of fused-ring (bicyclic) bond motifs is 1. The molecule has 6 nitrogen and oxygen atoms in total. The van der Waals surface area contributed by atoms with Gasteiger partial charge in [0.1, 0.15) is 11.5 Å². The molecule has 0 amide bonds. The van der Waals surface area contributed by atoms with Gasteiger partial charge in [-0.2, -0.15) is 0 Å². The maximum absolute atomic E-state index is 11.2. The van der Waals surface area contributed by atoms with Crippen molar-refractivity contribution in [3.8, 4) is 0 Å². The summed E-state index contributed by atoms with van der Waals surface area (Å²) in [5.41, 5.74) is 2.40. The van der Waals surface area contributed by atoms with Gasteiger partial charge in [0.25, 0.3) is 5.69 Å². The Morgan fingerprint density at radius 3 is 2.52 bits per heavy atom. The monoisotopic (exact) mass is 310 g/mol. The van der Waals surface area contributed by atoms with Crippen LogP contribution in [0.2, 0.25) is 0 Å². The highest BCUT2D eigenvalue weighted by atomic mass is 16.6. The number of aromatic nitrogens is 2. The first-order chi connectivity index (χ1) is 11.1. The van der Waals surface area contributed by atoms with Gasteiger partial charge in [-0.25, -0.2) is 4.98 Å². The molecule has 0 aliphatic carbocycles. The van der Waals surface area contributed by atoms with Crippen molar-refractivity contribution in [1.82, 2.24) is 9.97 Å². The minimum absolute atomic E-state index is 0.0641. The van der Waals surface area contributed by atoms with Crippen LogP contribution in [0, 0.1) is 16.0 Å². The summed E-state index contributed by atoms with van der Waals surface area (Å²) in [4.78, 5) is 18.7. The number of nitrogens with zero attached hydrogens (tertiary/aromatic N) is 2. The molecule has 0 aliphatic rings. The third-order valence-electron chi connectivity index (χ3n) is 3.78. The number of rotatable bonds is 5. The molecule has 0 saturated heterocycles. The number of aromatic amines is 1. The van der Waals surface area contributed by atoms with E-state index in [1.165, 1.54) is 6.07 Å². The number of imidazole rings is 1. The minimum atomic E-state index is -0.377. The van der Waals surface area contributed by atoms with Gasteiger partial charge in [0.2, 0.25) is 0 Å². The van der Waals surface area contributed by atoms with Crippen LogP contribution in [0.15, 0.2) is 48.5 Å². The molecular weight excluding hydrogens is 292 g/mol. The molecule has 1 atom stereocenters. The van der Waals surface area contributed by atoms with Crippen molar-refractivity contribution in [1.29, 1.82) is 0 Å². The lowest BCUT2D eigenvalue weighted by atomic mass is 10.0. The third-order valence-corrected chi connectivity index (χ3v) is 3.78. The molecule has 0 unspecified atom stereocenters. The fourth-order valence-corrected chi connectivity index (χ4v) is 2.59. The highest BCUT2D eigenvalue weighted by Crippen LogP contribution is 2.31. The van der Waals surface area contributed by atoms with E-state index in [2.05, 4.69) is 29.1 Å². The van der Waals surface area contributed by atoms with E-state index in [1.807, 2.05) is 24.3 Å². The fourth-order valence-electron chi connectivity index (χ4n) is 2.59. The number of nitro groups is 1. The normalized spacial score (nSPS) is 12.5. The molecule has 2 aromatic carbocycles.